The minimum Gasteiger partial charge on any atom is -0.481 e. The van der Waals surface area contributed by atoms with E-state index in [-0.39, 0.29) is 5.91 Å². The van der Waals surface area contributed by atoms with E-state index in [4.69, 9.17) is 9.47 Å². The standard InChI is InChI=1S/C15H16N2O4S/c1-8-9(2)22-14(12(8)15(19)21-4)17-13(18)10-5-6-11(20-3)16-7-10/h5-7H,1-4H3,(H,17,18). The topological polar surface area (TPSA) is 77.5 Å². The van der Waals surface area contributed by atoms with E-state index in [1.54, 1.807) is 12.1 Å². The monoisotopic (exact) mass is 320 g/mol. The van der Waals surface area contributed by atoms with Gasteiger partial charge in [0.1, 0.15) is 5.00 Å². The lowest BCUT2D eigenvalue weighted by atomic mass is 10.1. The van der Waals surface area contributed by atoms with Crippen molar-refractivity contribution in [3.63, 3.8) is 0 Å². The molecule has 2 rings (SSSR count). The van der Waals surface area contributed by atoms with Gasteiger partial charge in [-0.15, -0.1) is 11.3 Å². The highest BCUT2D eigenvalue weighted by Gasteiger charge is 2.22. The number of anilines is 1. The van der Waals surface area contributed by atoms with E-state index in [1.807, 2.05) is 13.8 Å². The fraction of sp³-hybridized carbons (Fsp3) is 0.267. The van der Waals surface area contributed by atoms with Gasteiger partial charge in [-0.25, -0.2) is 9.78 Å². The molecule has 0 aliphatic carbocycles. The number of aromatic nitrogens is 1. The summed E-state index contributed by atoms with van der Waals surface area (Å²) in [5, 5.41) is 3.21. The van der Waals surface area contributed by atoms with Crippen LogP contribution >= 0.6 is 11.3 Å². The van der Waals surface area contributed by atoms with E-state index in [1.165, 1.54) is 31.8 Å². The zero-order chi connectivity index (χ0) is 16.3. The van der Waals surface area contributed by atoms with Gasteiger partial charge in [-0.2, -0.15) is 0 Å². The number of thiophene rings is 1. The van der Waals surface area contributed by atoms with E-state index in [0.717, 1.165) is 10.4 Å². The van der Waals surface area contributed by atoms with E-state index in [2.05, 4.69) is 10.3 Å². The molecule has 22 heavy (non-hydrogen) atoms. The Hall–Kier alpha value is -2.41. The van der Waals surface area contributed by atoms with Gasteiger partial charge in [0.25, 0.3) is 5.91 Å². The molecular formula is C15H16N2O4S. The van der Waals surface area contributed by atoms with Crippen molar-refractivity contribution in [2.24, 2.45) is 0 Å². The van der Waals surface area contributed by atoms with Gasteiger partial charge in [0.05, 0.1) is 25.3 Å². The number of nitrogens with one attached hydrogen (secondary N) is 1. The molecule has 0 bridgehead atoms. The van der Waals surface area contributed by atoms with Gasteiger partial charge in [-0.3, -0.25) is 4.79 Å². The maximum absolute atomic E-state index is 12.3. The van der Waals surface area contributed by atoms with Crippen molar-refractivity contribution in [2.75, 3.05) is 19.5 Å². The third-order valence-corrected chi connectivity index (χ3v) is 4.33. The predicted octanol–water partition coefficient (Wildman–Crippen LogP) is 2.81. The zero-order valence-corrected chi connectivity index (χ0v) is 13.5. The maximum Gasteiger partial charge on any atom is 0.341 e. The average molecular weight is 320 g/mol. The summed E-state index contributed by atoms with van der Waals surface area (Å²) in [4.78, 5) is 29.1. The van der Waals surface area contributed by atoms with Crippen molar-refractivity contribution in [1.82, 2.24) is 4.98 Å². The Kier molecular flexibility index (Phi) is 4.77. The van der Waals surface area contributed by atoms with Crippen LogP contribution in [0.15, 0.2) is 18.3 Å². The van der Waals surface area contributed by atoms with Gasteiger partial charge in [0, 0.05) is 17.1 Å². The first-order valence-corrected chi connectivity index (χ1v) is 7.29. The number of ether oxygens (including phenoxy) is 2. The molecule has 0 saturated heterocycles. The zero-order valence-electron chi connectivity index (χ0n) is 12.7. The lowest BCUT2D eigenvalue weighted by molar-refractivity contribution is 0.0601. The first kappa shape index (κ1) is 16.0. The lowest BCUT2D eigenvalue weighted by Crippen LogP contribution is -2.14. The molecule has 0 spiro atoms. The van der Waals surface area contributed by atoms with E-state index in [9.17, 15) is 9.59 Å². The minimum atomic E-state index is -0.468. The quantitative estimate of drug-likeness (QED) is 0.877. The summed E-state index contributed by atoms with van der Waals surface area (Å²) in [5.74, 6) is -0.388. The summed E-state index contributed by atoms with van der Waals surface area (Å²) in [6.07, 6.45) is 1.42. The second-order valence-electron chi connectivity index (χ2n) is 4.52. The van der Waals surface area contributed by atoms with Gasteiger partial charge in [-0.1, -0.05) is 0 Å². The van der Waals surface area contributed by atoms with E-state index >= 15 is 0 Å². The molecule has 0 aliphatic heterocycles. The van der Waals surface area contributed by atoms with Crippen LogP contribution < -0.4 is 10.1 Å². The number of methoxy groups -OCH3 is 2. The van der Waals surface area contributed by atoms with Crippen LogP contribution in [0.5, 0.6) is 5.88 Å². The molecular weight excluding hydrogens is 304 g/mol. The van der Waals surface area contributed by atoms with Crippen molar-refractivity contribution in [2.45, 2.75) is 13.8 Å². The molecule has 0 unspecified atom stereocenters. The molecule has 2 aromatic rings. The third kappa shape index (κ3) is 3.09. The Labute approximate surface area is 132 Å². The highest BCUT2D eigenvalue weighted by molar-refractivity contribution is 7.16. The number of hydrogen-bond acceptors (Lipinski definition) is 6. The van der Waals surface area contributed by atoms with Crippen LogP contribution in [-0.4, -0.2) is 31.1 Å². The number of rotatable bonds is 4. The fourth-order valence-electron chi connectivity index (χ4n) is 1.87. The number of carbonyl (C=O) groups excluding carboxylic acids is 2. The first-order chi connectivity index (χ1) is 10.5. The number of aryl methyl sites for hydroxylation is 1. The number of esters is 1. The molecule has 0 atom stereocenters. The molecule has 2 aromatic heterocycles. The number of hydrogen-bond donors (Lipinski definition) is 1. The highest BCUT2D eigenvalue weighted by atomic mass is 32.1. The van der Waals surface area contributed by atoms with Gasteiger partial charge in [-0.05, 0) is 25.5 Å². The van der Waals surface area contributed by atoms with Crippen molar-refractivity contribution in [3.8, 4) is 5.88 Å². The second-order valence-corrected chi connectivity index (χ2v) is 5.75. The molecule has 1 amide bonds. The molecule has 6 nitrogen and oxygen atoms in total. The van der Waals surface area contributed by atoms with Crippen molar-refractivity contribution >= 4 is 28.2 Å². The van der Waals surface area contributed by atoms with Crippen molar-refractivity contribution in [3.05, 3.63) is 39.9 Å². The number of amides is 1. The summed E-state index contributed by atoms with van der Waals surface area (Å²) < 4.78 is 9.73. The summed E-state index contributed by atoms with van der Waals surface area (Å²) in [6.45, 7) is 3.71. The van der Waals surface area contributed by atoms with Crippen LogP contribution in [0, 0.1) is 13.8 Å². The van der Waals surface area contributed by atoms with Crippen LogP contribution in [0.3, 0.4) is 0 Å². The Morgan fingerprint density at radius 1 is 1.23 bits per heavy atom. The molecule has 0 fully saturated rings. The molecule has 1 N–H and O–H groups in total. The molecule has 0 aliphatic rings. The van der Waals surface area contributed by atoms with E-state index in [0.29, 0.717) is 22.0 Å². The highest BCUT2D eigenvalue weighted by Crippen LogP contribution is 2.33. The molecule has 0 aromatic carbocycles. The molecule has 0 radical (unpaired) electrons. The summed E-state index contributed by atoms with van der Waals surface area (Å²) in [7, 11) is 2.82. The Bertz CT molecular complexity index is 707. The van der Waals surface area contributed by atoms with Crippen LogP contribution in [0.25, 0.3) is 0 Å². The minimum absolute atomic E-state index is 0.346. The number of pyridine rings is 1. The molecule has 0 saturated carbocycles. The van der Waals surface area contributed by atoms with Gasteiger partial charge >= 0.3 is 5.97 Å². The average Bonchev–Trinajstić information content (AvgIpc) is 2.81. The molecule has 2 heterocycles. The fourth-order valence-corrected chi connectivity index (χ4v) is 2.92. The third-order valence-electron chi connectivity index (χ3n) is 3.21. The summed E-state index contributed by atoms with van der Waals surface area (Å²) in [5.41, 5.74) is 1.57. The normalized spacial score (nSPS) is 10.2. The number of carbonyl (C=O) groups is 2. The largest absolute Gasteiger partial charge is 0.481 e. The van der Waals surface area contributed by atoms with Crippen molar-refractivity contribution in [1.29, 1.82) is 0 Å². The Balaban J connectivity index is 2.28. The van der Waals surface area contributed by atoms with Crippen LogP contribution in [0.4, 0.5) is 5.00 Å². The van der Waals surface area contributed by atoms with Crippen LogP contribution in [0.1, 0.15) is 31.2 Å². The number of nitrogens with zero attached hydrogens (tertiary/aromatic N) is 1. The first-order valence-electron chi connectivity index (χ1n) is 6.47. The molecule has 116 valence electrons. The Morgan fingerprint density at radius 3 is 2.50 bits per heavy atom. The predicted molar refractivity (Wildman–Crippen MR) is 83.9 cm³/mol. The Morgan fingerprint density at radius 2 is 1.95 bits per heavy atom. The van der Waals surface area contributed by atoms with Gasteiger partial charge in [0.2, 0.25) is 5.88 Å². The van der Waals surface area contributed by atoms with Crippen LogP contribution in [-0.2, 0) is 4.74 Å². The summed E-state index contributed by atoms with van der Waals surface area (Å²) >= 11 is 1.34. The van der Waals surface area contributed by atoms with Crippen molar-refractivity contribution < 1.29 is 19.1 Å². The SMILES string of the molecule is COC(=O)c1c(NC(=O)c2ccc(OC)nc2)sc(C)c1C. The summed E-state index contributed by atoms with van der Waals surface area (Å²) in [6, 6.07) is 3.20. The molecule has 7 heteroatoms. The van der Waals surface area contributed by atoms with E-state index < -0.39 is 5.97 Å². The van der Waals surface area contributed by atoms with Crippen LogP contribution in [0.2, 0.25) is 0 Å². The second kappa shape index (κ2) is 6.57. The van der Waals surface area contributed by atoms with Gasteiger partial charge in [0.15, 0.2) is 0 Å². The smallest absolute Gasteiger partial charge is 0.341 e. The van der Waals surface area contributed by atoms with Gasteiger partial charge < -0.3 is 14.8 Å². The lowest BCUT2D eigenvalue weighted by Gasteiger charge is -2.06. The maximum atomic E-state index is 12.3.